The average Bonchev–Trinajstić information content (AvgIpc) is 2.71. The van der Waals surface area contributed by atoms with Gasteiger partial charge in [0.15, 0.2) is 11.6 Å². The van der Waals surface area contributed by atoms with E-state index in [9.17, 15) is 4.39 Å². The highest BCUT2D eigenvalue weighted by atomic mass is 19.1. The van der Waals surface area contributed by atoms with E-state index >= 15 is 0 Å². The topological polar surface area (TPSA) is 21.3 Å². The Balaban J connectivity index is 2.30. The van der Waals surface area contributed by atoms with Crippen molar-refractivity contribution in [3.63, 3.8) is 0 Å². The molecule has 1 fully saturated rings. The predicted molar refractivity (Wildman–Crippen MR) is 76.2 cm³/mol. The zero-order valence-electron chi connectivity index (χ0n) is 12.3. The normalized spacial score (nSPS) is 26.9. The number of hydrogen-bond donors (Lipinski definition) is 1. The number of ether oxygens (including phenoxy) is 1. The molecule has 106 valence electrons. The van der Waals surface area contributed by atoms with Crippen LogP contribution in [0.25, 0.3) is 0 Å². The Morgan fingerprint density at radius 2 is 2.21 bits per heavy atom. The quantitative estimate of drug-likeness (QED) is 0.899. The van der Waals surface area contributed by atoms with Crippen molar-refractivity contribution in [2.75, 3.05) is 13.7 Å². The molecule has 2 atom stereocenters. The molecular formula is C16H24FNO. The van der Waals surface area contributed by atoms with E-state index in [1.54, 1.807) is 12.1 Å². The number of rotatable bonds is 4. The second kappa shape index (κ2) is 5.49. The van der Waals surface area contributed by atoms with Crippen LogP contribution in [0.1, 0.15) is 39.2 Å². The highest BCUT2D eigenvalue weighted by Gasteiger charge is 2.40. The first kappa shape index (κ1) is 14.3. The summed E-state index contributed by atoms with van der Waals surface area (Å²) in [6.07, 6.45) is 2.17. The maximum absolute atomic E-state index is 13.9. The van der Waals surface area contributed by atoms with Gasteiger partial charge in [-0.3, -0.25) is 0 Å². The second-order valence-electron chi connectivity index (χ2n) is 6.15. The van der Waals surface area contributed by atoms with Crippen molar-refractivity contribution in [1.82, 2.24) is 5.32 Å². The third-order valence-corrected chi connectivity index (χ3v) is 4.32. The SMILES string of the molecule is COc1ccc(C2(C)CCNC2CC(C)C)cc1F. The Hall–Kier alpha value is -1.09. The van der Waals surface area contributed by atoms with Gasteiger partial charge in [0.2, 0.25) is 0 Å². The van der Waals surface area contributed by atoms with Gasteiger partial charge in [0.05, 0.1) is 7.11 Å². The molecule has 1 aliphatic heterocycles. The summed E-state index contributed by atoms with van der Waals surface area (Å²) in [4.78, 5) is 0. The van der Waals surface area contributed by atoms with Crippen LogP contribution >= 0.6 is 0 Å². The van der Waals surface area contributed by atoms with E-state index in [0.717, 1.165) is 24.9 Å². The van der Waals surface area contributed by atoms with Crippen molar-refractivity contribution in [2.45, 2.75) is 45.1 Å². The van der Waals surface area contributed by atoms with Crippen LogP contribution in [0.4, 0.5) is 4.39 Å². The van der Waals surface area contributed by atoms with Gasteiger partial charge in [0.1, 0.15) is 0 Å². The summed E-state index contributed by atoms with van der Waals surface area (Å²) in [6, 6.07) is 5.79. The number of nitrogens with one attached hydrogen (secondary N) is 1. The fourth-order valence-electron chi connectivity index (χ4n) is 3.09. The first-order valence-corrected chi connectivity index (χ1v) is 7.05. The van der Waals surface area contributed by atoms with Crippen LogP contribution in [-0.4, -0.2) is 19.7 Å². The summed E-state index contributed by atoms with van der Waals surface area (Å²) >= 11 is 0. The van der Waals surface area contributed by atoms with E-state index in [0.29, 0.717) is 17.7 Å². The fourth-order valence-corrected chi connectivity index (χ4v) is 3.09. The lowest BCUT2D eigenvalue weighted by atomic mass is 9.73. The summed E-state index contributed by atoms with van der Waals surface area (Å²) in [5.74, 6) is 0.688. The number of benzene rings is 1. The monoisotopic (exact) mass is 265 g/mol. The standard InChI is InChI=1S/C16H24FNO/c1-11(2)9-15-16(3,7-8-18-15)12-5-6-14(19-4)13(17)10-12/h5-6,10-11,15,18H,7-9H2,1-4H3. The molecule has 0 aliphatic carbocycles. The summed E-state index contributed by atoms with van der Waals surface area (Å²) in [5.41, 5.74) is 1.08. The lowest BCUT2D eigenvalue weighted by Crippen LogP contribution is -2.39. The molecule has 2 rings (SSSR count). The summed E-state index contributed by atoms with van der Waals surface area (Å²) < 4.78 is 18.9. The summed E-state index contributed by atoms with van der Waals surface area (Å²) in [7, 11) is 1.50. The third kappa shape index (κ3) is 2.76. The molecule has 0 bridgehead atoms. The molecule has 1 aliphatic rings. The Morgan fingerprint density at radius 1 is 1.47 bits per heavy atom. The lowest BCUT2D eigenvalue weighted by Gasteiger charge is -2.33. The number of methoxy groups -OCH3 is 1. The van der Waals surface area contributed by atoms with Crippen LogP contribution in [0.3, 0.4) is 0 Å². The average molecular weight is 265 g/mol. The van der Waals surface area contributed by atoms with E-state index in [-0.39, 0.29) is 11.2 Å². The Kier molecular flexibility index (Phi) is 4.14. The maximum atomic E-state index is 13.9. The molecule has 19 heavy (non-hydrogen) atoms. The molecule has 1 aromatic carbocycles. The second-order valence-corrected chi connectivity index (χ2v) is 6.15. The molecule has 0 aromatic heterocycles. The van der Waals surface area contributed by atoms with Crippen molar-refractivity contribution < 1.29 is 9.13 Å². The fraction of sp³-hybridized carbons (Fsp3) is 0.625. The van der Waals surface area contributed by atoms with Gasteiger partial charge < -0.3 is 10.1 Å². The van der Waals surface area contributed by atoms with Crippen molar-refractivity contribution >= 4 is 0 Å². The third-order valence-electron chi connectivity index (χ3n) is 4.32. The molecule has 1 N–H and O–H groups in total. The molecule has 1 saturated heterocycles. The number of halogens is 1. The molecule has 0 amide bonds. The smallest absolute Gasteiger partial charge is 0.165 e. The first-order valence-electron chi connectivity index (χ1n) is 7.05. The van der Waals surface area contributed by atoms with Gasteiger partial charge >= 0.3 is 0 Å². The zero-order chi connectivity index (χ0) is 14.0. The van der Waals surface area contributed by atoms with Crippen molar-refractivity contribution in [1.29, 1.82) is 0 Å². The molecule has 0 radical (unpaired) electrons. The van der Waals surface area contributed by atoms with Crippen molar-refractivity contribution in [3.05, 3.63) is 29.6 Å². The predicted octanol–water partition coefficient (Wildman–Crippen LogP) is 3.50. The first-order chi connectivity index (χ1) is 8.97. The van der Waals surface area contributed by atoms with Gasteiger partial charge in [-0.1, -0.05) is 26.8 Å². The Morgan fingerprint density at radius 3 is 2.79 bits per heavy atom. The van der Waals surface area contributed by atoms with Crippen molar-refractivity contribution in [3.8, 4) is 5.75 Å². The molecule has 2 nitrogen and oxygen atoms in total. The molecule has 0 saturated carbocycles. The molecule has 0 spiro atoms. The van der Waals surface area contributed by atoms with Gasteiger partial charge in [0, 0.05) is 11.5 Å². The van der Waals surface area contributed by atoms with E-state index < -0.39 is 0 Å². The molecule has 3 heteroatoms. The lowest BCUT2D eigenvalue weighted by molar-refractivity contribution is 0.341. The van der Waals surface area contributed by atoms with Gasteiger partial charge in [0.25, 0.3) is 0 Å². The van der Waals surface area contributed by atoms with Crippen LogP contribution < -0.4 is 10.1 Å². The minimum absolute atomic E-state index is 0.0113. The van der Waals surface area contributed by atoms with Gasteiger partial charge in [-0.05, 0) is 43.0 Å². The Bertz CT molecular complexity index is 446. The minimum atomic E-state index is -0.267. The van der Waals surface area contributed by atoms with Gasteiger partial charge in [-0.2, -0.15) is 0 Å². The molecular weight excluding hydrogens is 241 g/mol. The van der Waals surface area contributed by atoms with E-state index in [1.165, 1.54) is 7.11 Å². The van der Waals surface area contributed by atoms with Crippen LogP contribution in [0.15, 0.2) is 18.2 Å². The largest absolute Gasteiger partial charge is 0.494 e. The summed E-state index contributed by atoms with van der Waals surface area (Å²) in [6.45, 7) is 7.70. The molecule has 1 heterocycles. The molecule has 2 unspecified atom stereocenters. The van der Waals surface area contributed by atoms with Crippen LogP contribution in [0.2, 0.25) is 0 Å². The van der Waals surface area contributed by atoms with Crippen LogP contribution in [-0.2, 0) is 5.41 Å². The van der Waals surface area contributed by atoms with Crippen LogP contribution in [0, 0.1) is 11.7 Å². The highest BCUT2D eigenvalue weighted by molar-refractivity contribution is 5.35. The van der Waals surface area contributed by atoms with E-state index in [4.69, 9.17) is 4.74 Å². The van der Waals surface area contributed by atoms with Crippen LogP contribution in [0.5, 0.6) is 5.75 Å². The maximum Gasteiger partial charge on any atom is 0.165 e. The highest BCUT2D eigenvalue weighted by Crippen LogP contribution is 2.38. The minimum Gasteiger partial charge on any atom is -0.494 e. The van der Waals surface area contributed by atoms with Crippen molar-refractivity contribution in [2.24, 2.45) is 5.92 Å². The Labute approximate surface area is 115 Å². The zero-order valence-corrected chi connectivity index (χ0v) is 12.3. The summed E-state index contributed by atoms with van der Waals surface area (Å²) in [5, 5.41) is 3.57. The van der Waals surface area contributed by atoms with Gasteiger partial charge in [-0.25, -0.2) is 4.39 Å². The van der Waals surface area contributed by atoms with E-state index in [1.807, 2.05) is 6.07 Å². The number of hydrogen-bond acceptors (Lipinski definition) is 2. The van der Waals surface area contributed by atoms with E-state index in [2.05, 4.69) is 26.1 Å². The van der Waals surface area contributed by atoms with Gasteiger partial charge in [-0.15, -0.1) is 0 Å². The molecule has 1 aromatic rings.